The Morgan fingerprint density at radius 2 is 2.07 bits per heavy atom. The van der Waals surface area contributed by atoms with Crippen LogP contribution in [-0.4, -0.2) is 28.0 Å². The summed E-state index contributed by atoms with van der Waals surface area (Å²) in [7, 11) is 0. The van der Waals surface area contributed by atoms with Crippen LogP contribution in [0.3, 0.4) is 0 Å². The lowest BCUT2D eigenvalue weighted by Crippen LogP contribution is -2.55. The SMILES string of the molecule is CCOc1cccc2c1OC1(CCC(C)CC1)N1N=C(c3cccnc3)CC21. The molecule has 5 heteroatoms. The van der Waals surface area contributed by atoms with E-state index in [0.717, 1.165) is 60.8 Å². The van der Waals surface area contributed by atoms with E-state index in [1.165, 1.54) is 5.56 Å². The summed E-state index contributed by atoms with van der Waals surface area (Å²) in [5, 5.41) is 7.36. The van der Waals surface area contributed by atoms with Gasteiger partial charge in [-0.25, -0.2) is 5.01 Å². The van der Waals surface area contributed by atoms with E-state index < -0.39 is 0 Å². The standard InChI is InChI=1S/C23H27N3O2/c1-3-27-21-8-4-7-18-20-14-19(17-6-5-13-24-15-17)25-26(20)23(28-22(18)21)11-9-16(2)10-12-23/h4-8,13,15-16,20H,3,9-12,14H2,1-2H3. The number of benzene rings is 1. The number of hydrogen-bond donors (Lipinski definition) is 0. The van der Waals surface area contributed by atoms with E-state index >= 15 is 0 Å². The quantitative estimate of drug-likeness (QED) is 0.761. The number of nitrogens with zero attached hydrogens (tertiary/aromatic N) is 3. The second-order valence-corrected chi connectivity index (χ2v) is 8.19. The summed E-state index contributed by atoms with van der Waals surface area (Å²) in [4.78, 5) is 4.29. The van der Waals surface area contributed by atoms with Gasteiger partial charge in [-0.3, -0.25) is 4.98 Å². The minimum absolute atomic E-state index is 0.188. The van der Waals surface area contributed by atoms with Crippen LogP contribution in [0.1, 0.15) is 63.1 Å². The molecule has 1 aromatic heterocycles. The Balaban J connectivity index is 1.60. The lowest BCUT2D eigenvalue weighted by Gasteiger charge is -2.50. The van der Waals surface area contributed by atoms with Crippen molar-refractivity contribution in [1.29, 1.82) is 0 Å². The summed E-state index contributed by atoms with van der Waals surface area (Å²) in [6.45, 7) is 4.99. The van der Waals surface area contributed by atoms with Gasteiger partial charge in [-0.05, 0) is 37.8 Å². The molecule has 1 aliphatic carbocycles. The molecule has 0 amide bonds. The molecule has 1 unspecified atom stereocenters. The van der Waals surface area contributed by atoms with Gasteiger partial charge in [0, 0.05) is 42.8 Å². The largest absolute Gasteiger partial charge is 0.490 e. The zero-order chi connectivity index (χ0) is 19.1. The predicted molar refractivity (Wildman–Crippen MR) is 109 cm³/mol. The fraction of sp³-hybridized carbons (Fsp3) is 0.478. The van der Waals surface area contributed by atoms with Crippen LogP contribution < -0.4 is 9.47 Å². The highest BCUT2D eigenvalue weighted by molar-refractivity contribution is 6.01. The predicted octanol–water partition coefficient (Wildman–Crippen LogP) is 4.93. The molecule has 2 aromatic rings. The molecular weight excluding hydrogens is 350 g/mol. The van der Waals surface area contributed by atoms with Crippen molar-refractivity contribution in [1.82, 2.24) is 9.99 Å². The Labute approximate surface area is 166 Å². The molecule has 1 saturated carbocycles. The summed E-state index contributed by atoms with van der Waals surface area (Å²) < 4.78 is 12.7. The van der Waals surface area contributed by atoms with E-state index in [2.05, 4.69) is 35.1 Å². The number of aromatic nitrogens is 1. The smallest absolute Gasteiger partial charge is 0.198 e. The van der Waals surface area contributed by atoms with E-state index in [-0.39, 0.29) is 11.8 Å². The van der Waals surface area contributed by atoms with Gasteiger partial charge in [-0.2, -0.15) is 5.10 Å². The molecule has 0 saturated heterocycles. The number of pyridine rings is 1. The minimum atomic E-state index is -0.374. The maximum Gasteiger partial charge on any atom is 0.198 e. The van der Waals surface area contributed by atoms with Crippen LogP contribution in [0.15, 0.2) is 47.8 Å². The van der Waals surface area contributed by atoms with Gasteiger partial charge in [0.25, 0.3) is 0 Å². The topological polar surface area (TPSA) is 47.0 Å². The van der Waals surface area contributed by atoms with Gasteiger partial charge in [0.05, 0.1) is 18.4 Å². The van der Waals surface area contributed by atoms with Crippen LogP contribution in [0, 0.1) is 5.92 Å². The van der Waals surface area contributed by atoms with E-state index in [9.17, 15) is 0 Å². The first-order valence-electron chi connectivity index (χ1n) is 10.4. The molecule has 0 bridgehead atoms. The van der Waals surface area contributed by atoms with Crippen LogP contribution in [0.5, 0.6) is 11.5 Å². The highest BCUT2D eigenvalue weighted by atomic mass is 16.6. The van der Waals surface area contributed by atoms with Gasteiger partial charge in [0.15, 0.2) is 17.2 Å². The monoisotopic (exact) mass is 377 g/mol. The molecule has 0 radical (unpaired) electrons. The first kappa shape index (κ1) is 17.5. The molecule has 1 spiro atoms. The number of rotatable bonds is 3. The fourth-order valence-electron chi connectivity index (χ4n) is 4.79. The van der Waals surface area contributed by atoms with Crippen molar-refractivity contribution in [3.63, 3.8) is 0 Å². The molecule has 146 valence electrons. The molecule has 3 heterocycles. The second-order valence-electron chi connectivity index (χ2n) is 8.19. The maximum atomic E-state index is 6.77. The van der Waals surface area contributed by atoms with E-state index in [4.69, 9.17) is 14.6 Å². The Morgan fingerprint density at radius 3 is 2.82 bits per heavy atom. The van der Waals surface area contributed by atoms with Crippen LogP contribution in [-0.2, 0) is 0 Å². The zero-order valence-electron chi connectivity index (χ0n) is 16.6. The van der Waals surface area contributed by atoms with Crippen molar-refractivity contribution in [2.45, 2.75) is 57.7 Å². The average molecular weight is 377 g/mol. The van der Waals surface area contributed by atoms with Crippen LogP contribution in [0.2, 0.25) is 0 Å². The molecule has 28 heavy (non-hydrogen) atoms. The molecule has 1 atom stereocenters. The van der Waals surface area contributed by atoms with Gasteiger partial charge in [-0.1, -0.05) is 25.1 Å². The Kier molecular flexibility index (Phi) is 4.26. The Bertz CT molecular complexity index is 888. The number of hydrogen-bond acceptors (Lipinski definition) is 5. The Morgan fingerprint density at radius 1 is 1.21 bits per heavy atom. The van der Waals surface area contributed by atoms with Crippen molar-refractivity contribution in [3.8, 4) is 11.5 Å². The summed E-state index contributed by atoms with van der Waals surface area (Å²) in [5.74, 6) is 2.51. The highest BCUT2D eigenvalue weighted by Gasteiger charge is 2.52. The van der Waals surface area contributed by atoms with Crippen LogP contribution in [0.4, 0.5) is 0 Å². The van der Waals surface area contributed by atoms with Crippen molar-refractivity contribution in [2.24, 2.45) is 11.0 Å². The summed E-state index contributed by atoms with van der Waals surface area (Å²) in [5.41, 5.74) is 2.99. The number of hydrazone groups is 1. The lowest BCUT2D eigenvalue weighted by atomic mass is 9.82. The van der Waals surface area contributed by atoms with Crippen LogP contribution >= 0.6 is 0 Å². The molecule has 3 aliphatic rings. The average Bonchev–Trinajstić information content (AvgIpc) is 3.19. The van der Waals surface area contributed by atoms with Crippen molar-refractivity contribution < 1.29 is 9.47 Å². The normalized spacial score (nSPS) is 28.4. The van der Waals surface area contributed by atoms with Crippen LogP contribution in [0.25, 0.3) is 0 Å². The molecule has 5 nitrogen and oxygen atoms in total. The first-order chi connectivity index (χ1) is 13.7. The van der Waals surface area contributed by atoms with Crippen molar-refractivity contribution >= 4 is 5.71 Å². The summed E-state index contributed by atoms with van der Waals surface area (Å²) >= 11 is 0. The van der Waals surface area contributed by atoms with E-state index in [1.54, 1.807) is 0 Å². The van der Waals surface area contributed by atoms with Gasteiger partial charge in [-0.15, -0.1) is 0 Å². The minimum Gasteiger partial charge on any atom is -0.490 e. The Hall–Kier alpha value is -2.56. The lowest BCUT2D eigenvalue weighted by molar-refractivity contribution is -0.146. The van der Waals surface area contributed by atoms with E-state index in [1.807, 2.05) is 31.5 Å². The zero-order valence-corrected chi connectivity index (χ0v) is 16.6. The third kappa shape index (κ3) is 2.76. The molecule has 1 fully saturated rings. The molecule has 5 rings (SSSR count). The molecule has 2 aliphatic heterocycles. The van der Waals surface area contributed by atoms with Gasteiger partial charge in [0.1, 0.15) is 0 Å². The van der Waals surface area contributed by atoms with Gasteiger partial charge in [0.2, 0.25) is 0 Å². The third-order valence-electron chi connectivity index (χ3n) is 6.34. The number of para-hydroxylation sites is 1. The summed E-state index contributed by atoms with van der Waals surface area (Å²) in [6, 6.07) is 10.5. The molecule has 0 N–H and O–H groups in total. The number of fused-ring (bicyclic) bond motifs is 4. The van der Waals surface area contributed by atoms with Crippen molar-refractivity contribution in [3.05, 3.63) is 53.9 Å². The van der Waals surface area contributed by atoms with E-state index in [0.29, 0.717) is 6.61 Å². The highest BCUT2D eigenvalue weighted by Crippen LogP contribution is 2.54. The second kappa shape index (κ2) is 6.80. The molecular formula is C23H27N3O2. The third-order valence-corrected chi connectivity index (χ3v) is 6.34. The fourth-order valence-corrected chi connectivity index (χ4v) is 4.79. The van der Waals surface area contributed by atoms with Gasteiger partial charge < -0.3 is 9.47 Å². The number of ether oxygens (including phenoxy) is 2. The van der Waals surface area contributed by atoms with Crippen molar-refractivity contribution in [2.75, 3.05) is 6.61 Å². The summed E-state index contributed by atoms with van der Waals surface area (Å²) in [6.07, 6.45) is 8.90. The molecule has 1 aromatic carbocycles. The first-order valence-corrected chi connectivity index (χ1v) is 10.4. The van der Waals surface area contributed by atoms with Gasteiger partial charge >= 0.3 is 0 Å². The maximum absolute atomic E-state index is 6.77.